The molecule has 1 saturated heterocycles. The molecule has 15 heavy (non-hydrogen) atoms. The molecule has 0 aromatic rings. The van der Waals surface area contributed by atoms with E-state index in [2.05, 4.69) is 16.1 Å². The summed E-state index contributed by atoms with van der Waals surface area (Å²) in [7, 11) is 1.33. The van der Waals surface area contributed by atoms with Crippen molar-refractivity contribution in [3.8, 4) is 0 Å². The molecule has 0 saturated carbocycles. The third-order valence-electron chi connectivity index (χ3n) is 2.39. The van der Waals surface area contributed by atoms with Crippen LogP contribution in [0, 0.1) is 5.92 Å². The molecule has 0 bridgehead atoms. The maximum Gasteiger partial charge on any atom is 0.409 e. The highest BCUT2D eigenvalue weighted by Gasteiger charge is 2.29. The number of amides is 1. The average molecular weight is 213 g/mol. The molecule has 1 fully saturated rings. The second kappa shape index (κ2) is 5.38. The average Bonchev–Trinajstić information content (AvgIpc) is 2.28. The summed E-state index contributed by atoms with van der Waals surface area (Å²) in [5.74, 6) is -0.602. The number of piperidine rings is 1. The van der Waals surface area contributed by atoms with E-state index in [1.165, 1.54) is 12.0 Å². The van der Waals surface area contributed by atoms with Gasteiger partial charge in [0, 0.05) is 13.1 Å². The van der Waals surface area contributed by atoms with Gasteiger partial charge in [0.1, 0.15) is 0 Å². The highest BCUT2D eigenvalue weighted by Crippen LogP contribution is 2.18. The van der Waals surface area contributed by atoms with E-state index in [1.807, 2.05) is 0 Å². The van der Waals surface area contributed by atoms with Gasteiger partial charge >= 0.3 is 12.1 Å². The van der Waals surface area contributed by atoms with Gasteiger partial charge in [-0.25, -0.2) is 4.79 Å². The quantitative estimate of drug-likeness (QED) is 0.510. The van der Waals surface area contributed by atoms with Crippen LogP contribution in [0.1, 0.15) is 12.8 Å². The van der Waals surface area contributed by atoms with E-state index in [4.69, 9.17) is 0 Å². The fourth-order valence-electron chi connectivity index (χ4n) is 1.64. The SMILES string of the molecule is C=COC(=O)C1CCCN(C(=O)OC)C1. The lowest BCUT2D eigenvalue weighted by atomic mass is 9.99. The highest BCUT2D eigenvalue weighted by atomic mass is 16.5. The van der Waals surface area contributed by atoms with Gasteiger partial charge in [0.2, 0.25) is 0 Å². The summed E-state index contributed by atoms with van der Waals surface area (Å²) in [6.07, 6.45) is 2.23. The third kappa shape index (κ3) is 2.97. The van der Waals surface area contributed by atoms with E-state index in [0.29, 0.717) is 13.1 Å². The van der Waals surface area contributed by atoms with E-state index in [1.54, 1.807) is 0 Å². The summed E-state index contributed by atoms with van der Waals surface area (Å²) in [4.78, 5) is 24.1. The van der Waals surface area contributed by atoms with E-state index >= 15 is 0 Å². The van der Waals surface area contributed by atoms with Crippen LogP contribution in [0.4, 0.5) is 4.79 Å². The summed E-state index contributed by atoms with van der Waals surface area (Å²) in [6.45, 7) is 4.31. The summed E-state index contributed by atoms with van der Waals surface area (Å²) in [5.41, 5.74) is 0. The lowest BCUT2D eigenvalue weighted by Gasteiger charge is -2.29. The van der Waals surface area contributed by atoms with Gasteiger partial charge in [0.15, 0.2) is 0 Å². The molecule has 1 rings (SSSR count). The Morgan fingerprint density at radius 1 is 1.53 bits per heavy atom. The molecule has 0 aromatic carbocycles. The smallest absolute Gasteiger partial charge is 0.409 e. The molecule has 0 aromatic heterocycles. The van der Waals surface area contributed by atoms with Crippen LogP contribution in [0.15, 0.2) is 12.8 Å². The molecule has 0 radical (unpaired) electrons. The van der Waals surface area contributed by atoms with E-state index < -0.39 is 6.09 Å². The Kier molecular flexibility index (Phi) is 4.15. The van der Waals surface area contributed by atoms with Crippen molar-refractivity contribution in [2.45, 2.75) is 12.8 Å². The largest absolute Gasteiger partial charge is 0.453 e. The molecule has 1 amide bonds. The second-order valence-corrected chi connectivity index (χ2v) is 3.36. The number of methoxy groups -OCH3 is 1. The number of ether oxygens (including phenoxy) is 2. The molecular weight excluding hydrogens is 198 g/mol. The minimum Gasteiger partial charge on any atom is -0.453 e. The van der Waals surface area contributed by atoms with Crippen LogP contribution in [0.3, 0.4) is 0 Å². The molecule has 1 atom stereocenters. The van der Waals surface area contributed by atoms with Gasteiger partial charge in [-0.2, -0.15) is 0 Å². The molecule has 1 aliphatic heterocycles. The van der Waals surface area contributed by atoms with Crippen LogP contribution in [0.5, 0.6) is 0 Å². The molecular formula is C10H15NO4. The molecule has 84 valence electrons. The lowest BCUT2D eigenvalue weighted by Crippen LogP contribution is -2.42. The summed E-state index contributed by atoms with van der Waals surface area (Å²) >= 11 is 0. The minimum absolute atomic E-state index is 0.268. The Balaban J connectivity index is 2.51. The van der Waals surface area contributed by atoms with Gasteiger partial charge in [0.05, 0.1) is 19.3 Å². The van der Waals surface area contributed by atoms with Crippen molar-refractivity contribution in [3.63, 3.8) is 0 Å². The van der Waals surface area contributed by atoms with Crippen molar-refractivity contribution >= 4 is 12.1 Å². The number of rotatable bonds is 2. The highest BCUT2D eigenvalue weighted by molar-refractivity contribution is 5.75. The zero-order valence-corrected chi connectivity index (χ0v) is 8.77. The van der Waals surface area contributed by atoms with Crippen molar-refractivity contribution in [2.75, 3.05) is 20.2 Å². The molecule has 1 unspecified atom stereocenters. The first-order valence-corrected chi connectivity index (χ1v) is 4.83. The van der Waals surface area contributed by atoms with Gasteiger partial charge in [-0.15, -0.1) is 0 Å². The van der Waals surface area contributed by atoms with Crippen molar-refractivity contribution < 1.29 is 19.1 Å². The maximum absolute atomic E-state index is 11.4. The number of hydrogen-bond donors (Lipinski definition) is 0. The first kappa shape index (κ1) is 11.6. The lowest BCUT2D eigenvalue weighted by molar-refractivity contribution is -0.144. The summed E-state index contributed by atoms with van der Waals surface area (Å²) < 4.78 is 9.28. The number of nitrogens with zero attached hydrogens (tertiary/aromatic N) is 1. The fraction of sp³-hybridized carbons (Fsp3) is 0.600. The molecule has 0 N–H and O–H groups in total. The van der Waals surface area contributed by atoms with Crippen LogP contribution in [-0.4, -0.2) is 37.2 Å². The zero-order chi connectivity index (χ0) is 11.3. The Hall–Kier alpha value is -1.52. The summed E-state index contributed by atoms with van der Waals surface area (Å²) in [5, 5.41) is 0. The summed E-state index contributed by atoms with van der Waals surface area (Å²) in [6, 6.07) is 0. The maximum atomic E-state index is 11.4. The predicted octanol–water partition coefficient (Wildman–Crippen LogP) is 1.15. The van der Waals surface area contributed by atoms with E-state index in [0.717, 1.165) is 19.1 Å². The number of esters is 1. The molecule has 1 aliphatic rings. The van der Waals surface area contributed by atoms with Crippen LogP contribution < -0.4 is 0 Å². The second-order valence-electron chi connectivity index (χ2n) is 3.36. The topological polar surface area (TPSA) is 55.8 Å². The van der Waals surface area contributed by atoms with Crippen LogP contribution >= 0.6 is 0 Å². The van der Waals surface area contributed by atoms with Gasteiger partial charge in [0.25, 0.3) is 0 Å². The zero-order valence-electron chi connectivity index (χ0n) is 8.77. The molecule has 5 heteroatoms. The Morgan fingerprint density at radius 3 is 2.87 bits per heavy atom. The van der Waals surface area contributed by atoms with E-state index in [-0.39, 0.29) is 11.9 Å². The minimum atomic E-state index is -0.397. The molecule has 5 nitrogen and oxygen atoms in total. The fourth-order valence-corrected chi connectivity index (χ4v) is 1.64. The number of carbonyl (C=O) groups excluding carboxylic acids is 2. The standard InChI is InChI=1S/C10H15NO4/c1-3-15-9(12)8-5-4-6-11(7-8)10(13)14-2/h3,8H,1,4-7H2,2H3. The first-order valence-electron chi connectivity index (χ1n) is 4.83. The van der Waals surface area contributed by atoms with Crippen molar-refractivity contribution in [3.05, 3.63) is 12.8 Å². The Bertz CT molecular complexity index is 264. The Labute approximate surface area is 88.6 Å². The number of carbonyl (C=O) groups is 2. The van der Waals surface area contributed by atoms with Gasteiger partial charge < -0.3 is 14.4 Å². The van der Waals surface area contributed by atoms with Crippen LogP contribution in [0.2, 0.25) is 0 Å². The van der Waals surface area contributed by atoms with E-state index in [9.17, 15) is 9.59 Å². The normalized spacial score (nSPS) is 20.6. The van der Waals surface area contributed by atoms with Crippen LogP contribution in [-0.2, 0) is 14.3 Å². The van der Waals surface area contributed by atoms with Crippen molar-refractivity contribution in [2.24, 2.45) is 5.92 Å². The first-order chi connectivity index (χ1) is 7.19. The third-order valence-corrected chi connectivity index (χ3v) is 2.39. The van der Waals surface area contributed by atoms with Crippen molar-refractivity contribution in [1.29, 1.82) is 0 Å². The predicted molar refractivity (Wildman–Crippen MR) is 53.0 cm³/mol. The number of likely N-dealkylation sites (tertiary alicyclic amines) is 1. The van der Waals surface area contributed by atoms with Gasteiger partial charge in [-0.1, -0.05) is 6.58 Å². The van der Waals surface area contributed by atoms with Gasteiger partial charge in [-0.3, -0.25) is 4.79 Å². The van der Waals surface area contributed by atoms with Crippen molar-refractivity contribution in [1.82, 2.24) is 4.90 Å². The molecule has 0 aliphatic carbocycles. The van der Waals surface area contributed by atoms with Gasteiger partial charge in [-0.05, 0) is 12.8 Å². The molecule has 1 heterocycles. The van der Waals surface area contributed by atoms with Crippen LogP contribution in [0.25, 0.3) is 0 Å². The Morgan fingerprint density at radius 2 is 2.27 bits per heavy atom. The number of hydrogen-bond acceptors (Lipinski definition) is 4. The molecule has 0 spiro atoms. The monoisotopic (exact) mass is 213 g/mol.